The lowest BCUT2D eigenvalue weighted by atomic mass is 9.76. The highest BCUT2D eigenvalue weighted by atomic mass is 16.2. The average Bonchev–Trinajstić information content (AvgIpc) is 2.30. The van der Waals surface area contributed by atoms with Gasteiger partial charge in [0.05, 0.1) is 0 Å². The van der Waals surface area contributed by atoms with Crippen molar-refractivity contribution in [3.8, 4) is 0 Å². The molecule has 18 heavy (non-hydrogen) atoms. The topological polar surface area (TPSA) is 92.5 Å². The molecule has 1 saturated heterocycles. The Hall–Kier alpha value is -1.43. The van der Waals surface area contributed by atoms with Crippen LogP contribution in [0.3, 0.4) is 0 Å². The Morgan fingerprint density at radius 3 is 2.50 bits per heavy atom. The molecule has 0 bridgehead atoms. The maximum absolute atomic E-state index is 12.3. The van der Waals surface area contributed by atoms with Crippen LogP contribution in [0.5, 0.6) is 0 Å². The maximum Gasteiger partial charge on any atom is 0.246 e. The fraction of sp³-hybridized carbons (Fsp3) is 0.750. The first-order valence-electron chi connectivity index (χ1n) is 6.36. The van der Waals surface area contributed by atoms with Crippen LogP contribution in [0, 0.1) is 11.8 Å². The highest BCUT2D eigenvalue weighted by Crippen LogP contribution is 2.30. The molecule has 3 amide bonds. The molecule has 6 heteroatoms. The lowest BCUT2D eigenvalue weighted by Gasteiger charge is -2.36. The molecule has 1 saturated carbocycles. The highest BCUT2D eigenvalue weighted by molar-refractivity contribution is 6.02. The summed E-state index contributed by atoms with van der Waals surface area (Å²) in [6.45, 7) is 1.92. The van der Waals surface area contributed by atoms with E-state index in [9.17, 15) is 14.4 Å². The summed E-state index contributed by atoms with van der Waals surface area (Å²) in [5.74, 6) is -0.987. The van der Waals surface area contributed by atoms with Crippen molar-refractivity contribution in [3.63, 3.8) is 0 Å². The molecule has 2 rings (SSSR count). The van der Waals surface area contributed by atoms with Gasteiger partial charge in [0.1, 0.15) is 13.1 Å². The van der Waals surface area contributed by atoms with Crippen LogP contribution in [0.4, 0.5) is 0 Å². The molecule has 0 radical (unpaired) electrons. The van der Waals surface area contributed by atoms with Gasteiger partial charge in [-0.2, -0.15) is 0 Å². The lowest BCUT2D eigenvalue weighted by molar-refractivity contribution is -0.149. The summed E-state index contributed by atoms with van der Waals surface area (Å²) in [7, 11) is 0. The molecule has 1 aliphatic carbocycles. The minimum absolute atomic E-state index is 0.0248. The van der Waals surface area contributed by atoms with Gasteiger partial charge < -0.3 is 10.6 Å². The van der Waals surface area contributed by atoms with Crippen LogP contribution in [0.15, 0.2) is 0 Å². The largest absolute Gasteiger partial charge is 0.327 e. The highest BCUT2D eigenvalue weighted by Gasteiger charge is 2.37. The molecule has 6 nitrogen and oxygen atoms in total. The number of carbonyl (C=O) groups excluding carboxylic acids is 3. The number of carbonyl (C=O) groups is 3. The first-order valence-corrected chi connectivity index (χ1v) is 6.36. The Bertz CT molecular complexity index is 367. The second-order valence-electron chi connectivity index (χ2n) is 5.23. The van der Waals surface area contributed by atoms with E-state index in [2.05, 4.69) is 5.32 Å². The zero-order chi connectivity index (χ0) is 13.3. The smallest absolute Gasteiger partial charge is 0.246 e. The van der Waals surface area contributed by atoms with E-state index < -0.39 is 11.8 Å². The normalized spacial score (nSPS) is 33.2. The number of amides is 3. The molecule has 3 unspecified atom stereocenters. The molecule has 0 aromatic heterocycles. The number of piperazine rings is 1. The predicted molar refractivity (Wildman–Crippen MR) is 64.2 cm³/mol. The Balaban J connectivity index is 2.06. The average molecular weight is 253 g/mol. The molecule has 2 aliphatic rings. The van der Waals surface area contributed by atoms with Gasteiger partial charge >= 0.3 is 0 Å². The monoisotopic (exact) mass is 253 g/mol. The van der Waals surface area contributed by atoms with Crippen molar-refractivity contribution < 1.29 is 14.4 Å². The molecule has 2 fully saturated rings. The molecule has 100 valence electrons. The summed E-state index contributed by atoms with van der Waals surface area (Å²) in [5.41, 5.74) is 5.97. The molecule has 0 aromatic carbocycles. The number of nitrogens with one attached hydrogen (secondary N) is 1. The van der Waals surface area contributed by atoms with Crippen LogP contribution in [0.2, 0.25) is 0 Å². The van der Waals surface area contributed by atoms with E-state index >= 15 is 0 Å². The Labute approximate surface area is 106 Å². The summed E-state index contributed by atoms with van der Waals surface area (Å²) in [6, 6.07) is 0.0296. The van der Waals surface area contributed by atoms with Crippen molar-refractivity contribution in [2.45, 2.75) is 32.2 Å². The summed E-state index contributed by atoms with van der Waals surface area (Å²) in [5, 5.41) is 2.19. The molecule has 1 heterocycles. The van der Waals surface area contributed by atoms with Crippen molar-refractivity contribution in [2.75, 3.05) is 13.1 Å². The fourth-order valence-electron chi connectivity index (χ4n) is 2.77. The molecular formula is C12H19N3O3. The van der Waals surface area contributed by atoms with E-state index in [-0.39, 0.29) is 36.9 Å². The second-order valence-corrected chi connectivity index (χ2v) is 5.23. The molecule has 3 atom stereocenters. The van der Waals surface area contributed by atoms with E-state index in [0.717, 1.165) is 19.3 Å². The summed E-state index contributed by atoms with van der Waals surface area (Å²) in [6.07, 6.45) is 2.65. The first-order chi connectivity index (χ1) is 8.49. The minimum atomic E-state index is -0.410. The van der Waals surface area contributed by atoms with Crippen molar-refractivity contribution >= 4 is 17.7 Å². The van der Waals surface area contributed by atoms with E-state index in [1.165, 1.54) is 4.90 Å². The Morgan fingerprint density at radius 2 is 1.89 bits per heavy atom. The summed E-state index contributed by atoms with van der Waals surface area (Å²) >= 11 is 0. The van der Waals surface area contributed by atoms with Crippen LogP contribution >= 0.6 is 0 Å². The quantitative estimate of drug-likeness (QED) is 0.600. The number of nitrogens with zero attached hydrogens (tertiary/aromatic N) is 1. The number of nitrogens with two attached hydrogens (primary N) is 1. The summed E-state index contributed by atoms with van der Waals surface area (Å²) in [4.78, 5) is 36.2. The van der Waals surface area contributed by atoms with Gasteiger partial charge in [0.2, 0.25) is 17.7 Å². The third-order valence-corrected chi connectivity index (χ3v) is 3.94. The lowest BCUT2D eigenvalue weighted by Crippen LogP contribution is -2.56. The fourth-order valence-corrected chi connectivity index (χ4v) is 2.77. The van der Waals surface area contributed by atoms with Gasteiger partial charge in [-0.1, -0.05) is 13.3 Å². The standard InChI is InChI=1S/C12H19N3O3/c1-7-8(3-2-4-9(7)13)12(18)15-5-10(16)14-11(17)6-15/h7-9H,2-6,13H2,1H3,(H,14,16,17). The maximum atomic E-state index is 12.3. The van der Waals surface area contributed by atoms with Crippen LogP contribution in [-0.2, 0) is 14.4 Å². The number of imide groups is 1. The van der Waals surface area contributed by atoms with Gasteiger partial charge in [-0.25, -0.2) is 0 Å². The van der Waals surface area contributed by atoms with E-state index in [4.69, 9.17) is 5.73 Å². The van der Waals surface area contributed by atoms with Gasteiger partial charge in [0, 0.05) is 12.0 Å². The number of hydrogen-bond donors (Lipinski definition) is 2. The van der Waals surface area contributed by atoms with Gasteiger partial charge in [-0.05, 0) is 18.8 Å². The van der Waals surface area contributed by atoms with Crippen LogP contribution in [0.25, 0.3) is 0 Å². The third-order valence-electron chi connectivity index (χ3n) is 3.94. The van der Waals surface area contributed by atoms with E-state index in [0.29, 0.717) is 0 Å². The van der Waals surface area contributed by atoms with Crippen LogP contribution in [-0.4, -0.2) is 41.8 Å². The van der Waals surface area contributed by atoms with Gasteiger partial charge in [-0.15, -0.1) is 0 Å². The molecule has 0 spiro atoms. The molecular weight excluding hydrogens is 234 g/mol. The third kappa shape index (κ3) is 2.53. The van der Waals surface area contributed by atoms with Crippen molar-refractivity contribution in [1.82, 2.24) is 10.2 Å². The first kappa shape index (κ1) is 13.0. The predicted octanol–water partition coefficient (Wildman–Crippen LogP) is -0.765. The number of hydrogen-bond acceptors (Lipinski definition) is 4. The van der Waals surface area contributed by atoms with E-state index in [1.54, 1.807) is 0 Å². The van der Waals surface area contributed by atoms with Crippen molar-refractivity contribution in [1.29, 1.82) is 0 Å². The number of rotatable bonds is 1. The van der Waals surface area contributed by atoms with Gasteiger partial charge in [0.25, 0.3) is 0 Å². The zero-order valence-corrected chi connectivity index (χ0v) is 10.5. The SMILES string of the molecule is CC1C(N)CCCC1C(=O)N1CC(=O)NC(=O)C1. The van der Waals surface area contributed by atoms with Crippen LogP contribution in [0.1, 0.15) is 26.2 Å². The Morgan fingerprint density at radius 1 is 1.28 bits per heavy atom. The Kier molecular flexibility index (Phi) is 3.65. The molecule has 3 N–H and O–H groups in total. The van der Waals surface area contributed by atoms with Crippen molar-refractivity contribution in [2.24, 2.45) is 17.6 Å². The van der Waals surface area contributed by atoms with Crippen LogP contribution < -0.4 is 11.1 Å². The zero-order valence-electron chi connectivity index (χ0n) is 10.5. The molecule has 0 aromatic rings. The van der Waals surface area contributed by atoms with Gasteiger partial charge in [0.15, 0.2) is 0 Å². The van der Waals surface area contributed by atoms with Gasteiger partial charge in [-0.3, -0.25) is 19.7 Å². The minimum Gasteiger partial charge on any atom is -0.327 e. The van der Waals surface area contributed by atoms with E-state index in [1.807, 2.05) is 6.92 Å². The molecule has 1 aliphatic heterocycles. The summed E-state index contributed by atoms with van der Waals surface area (Å²) < 4.78 is 0. The second kappa shape index (κ2) is 5.06. The van der Waals surface area contributed by atoms with Crippen molar-refractivity contribution in [3.05, 3.63) is 0 Å².